The van der Waals surface area contributed by atoms with Crippen molar-refractivity contribution in [2.75, 3.05) is 25.4 Å². The molecule has 2 amide bonds. The Morgan fingerprint density at radius 2 is 1.80 bits per heavy atom. The van der Waals surface area contributed by atoms with Gasteiger partial charge in [0.15, 0.2) is 0 Å². The maximum atomic E-state index is 13.3. The Labute approximate surface area is 117 Å². The van der Waals surface area contributed by atoms with Crippen LogP contribution in [0.25, 0.3) is 0 Å². The van der Waals surface area contributed by atoms with Crippen LogP contribution in [0.5, 0.6) is 0 Å². The Bertz CT molecular complexity index is 513. The molecule has 0 atom stereocenters. The normalized spacial score (nSPS) is 15.9. The molecule has 1 aliphatic rings. The molecule has 6 heteroatoms. The third kappa shape index (κ3) is 3.07. The average molecular weight is 279 g/mol. The second-order valence-corrected chi connectivity index (χ2v) is 4.91. The second kappa shape index (κ2) is 5.90. The highest BCUT2D eigenvalue weighted by molar-refractivity contribution is 6.35. The quantitative estimate of drug-likeness (QED) is 0.660. The minimum atomic E-state index is -0.535. The van der Waals surface area contributed by atoms with Gasteiger partial charge in [0.05, 0.1) is 0 Å². The van der Waals surface area contributed by atoms with Crippen LogP contribution in [0, 0.1) is 5.82 Å². The molecule has 0 spiro atoms. The number of nitrogens with zero attached hydrogens (tertiary/aromatic N) is 2. The smallest absolute Gasteiger partial charge is 0.312 e. The maximum Gasteiger partial charge on any atom is 0.312 e. The lowest BCUT2D eigenvalue weighted by molar-refractivity contribution is -0.156. The van der Waals surface area contributed by atoms with E-state index in [-0.39, 0.29) is 6.54 Å². The minimum Gasteiger partial charge on any atom is -0.399 e. The van der Waals surface area contributed by atoms with Gasteiger partial charge >= 0.3 is 11.8 Å². The van der Waals surface area contributed by atoms with Gasteiger partial charge < -0.3 is 15.5 Å². The van der Waals surface area contributed by atoms with Gasteiger partial charge in [0, 0.05) is 31.9 Å². The fourth-order valence-electron chi connectivity index (χ4n) is 2.34. The SMILES string of the molecule is CCCN1CCN(Cc2cc(N)cc(F)c2)C(=O)C1=O. The molecule has 1 aliphatic heterocycles. The van der Waals surface area contributed by atoms with Crippen molar-refractivity contribution in [2.45, 2.75) is 19.9 Å². The predicted molar refractivity (Wildman–Crippen MR) is 73.1 cm³/mol. The fourth-order valence-corrected chi connectivity index (χ4v) is 2.34. The van der Waals surface area contributed by atoms with Crippen LogP contribution in [0.3, 0.4) is 0 Å². The lowest BCUT2D eigenvalue weighted by atomic mass is 10.1. The van der Waals surface area contributed by atoms with E-state index in [9.17, 15) is 14.0 Å². The summed E-state index contributed by atoms with van der Waals surface area (Å²) in [6, 6.07) is 4.15. The van der Waals surface area contributed by atoms with Gasteiger partial charge in [-0.2, -0.15) is 0 Å². The number of piperazine rings is 1. The van der Waals surface area contributed by atoms with Crippen molar-refractivity contribution in [1.82, 2.24) is 9.80 Å². The zero-order valence-corrected chi connectivity index (χ0v) is 11.4. The van der Waals surface area contributed by atoms with Crippen molar-refractivity contribution in [1.29, 1.82) is 0 Å². The van der Waals surface area contributed by atoms with E-state index in [1.807, 2.05) is 6.92 Å². The van der Waals surface area contributed by atoms with E-state index in [1.54, 1.807) is 11.0 Å². The molecule has 20 heavy (non-hydrogen) atoms. The van der Waals surface area contributed by atoms with Crippen molar-refractivity contribution < 1.29 is 14.0 Å². The van der Waals surface area contributed by atoms with Crippen LogP contribution in [0.2, 0.25) is 0 Å². The van der Waals surface area contributed by atoms with Gasteiger partial charge in [0.1, 0.15) is 5.82 Å². The highest BCUT2D eigenvalue weighted by Crippen LogP contribution is 2.15. The van der Waals surface area contributed by atoms with E-state index < -0.39 is 17.6 Å². The molecule has 0 bridgehead atoms. The van der Waals surface area contributed by atoms with Gasteiger partial charge in [0.2, 0.25) is 0 Å². The molecule has 108 valence electrons. The summed E-state index contributed by atoms with van der Waals surface area (Å²) >= 11 is 0. The lowest BCUT2D eigenvalue weighted by Gasteiger charge is -2.33. The van der Waals surface area contributed by atoms with E-state index in [2.05, 4.69) is 0 Å². The number of carbonyl (C=O) groups is 2. The minimum absolute atomic E-state index is 0.201. The van der Waals surface area contributed by atoms with Gasteiger partial charge in [0.25, 0.3) is 0 Å². The van der Waals surface area contributed by atoms with Crippen LogP contribution in [0.1, 0.15) is 18.9 Å². The first-order chi connectivity index (χ1) is 9.51. The predicted octanol–water partition coefficient (Wildman–Crippen LogP) is 0.989. The molecule has 2 rings (SSSR count). The molecule has 0 aromatic heterocycles. The van der Waals surface area contributed by atoms with Gasteiger partial charge in [-0.1, -0.05) is 6.92 Å². The van der Waals surface area contributed by atoms with Gasteiger partial charge in [-0.25, -0.2) is 4.39 Å². The second-order valence-electron chi connectivity index (χ2n) is 4.91. The van der Waals surface area contributed by atoms with Crippen LogP contribution in [-0.2, 0) is 16.1 Å². The highest BCUT2D eigenvalue weighted by Gasteiger charge is 2.31. The Morgan fingerprint density at radius 1 is 1.15 bits per heavy atom. The van der Waals surface area contributed by atoms with E-state index in [0.717, 1.165) is 6.42 Å². The van der Waals surface area contributed by atoms with Crippen LogP contribution < -0.4 is 5.73 Å². The standard InChI is InChI=1S/C14H18FN3O2/c1-2-3-17-4-5-18(14(20)13(17)19)9-10-6-11(15)8-12(16)7-10/h6-8H,2-5,9,16H2,1H3. The molecular weight excluding hydrogens is 261 g/mol. The number of benzene rings is 1. The van der Waals surface area contributed by atoms with E-state index in [0.29, 0.717) is 30.9 Å². The summed E-state index contributed by atoms with van der Waals surface area (Å²) in [6.45, 7) is 3.72. The Hall–Kier alpha value is -2.11. The number of amides is 2. The number of halogens is 1. The number of carbonyl (C=O) groups excluding carboxylic acids is 2. The maximum absolute atomic E-state index is 13.3. The summed E-state index contributed by atoms with van der Waals surface area (Å²) in [5.74, 6) is -1.46. The molecule has 2 N–H and O–H groups in total. The molecule has 1 saturated heterocycles. The molecule has 0 radical (unpaired) electrons. The van der Waals surface area contributed by atoms with Crippen molar-refractivity contribution in [3.8, 4) is 0 Å². The molecule has 0 saturated carbocycles. The van der Waals surface area contributed by atoms with Crippen molar-refractivity contribution in [3.63, 3.8) is 0 Å². The van der Waals surface area contributed by atoms with E-state index >= 15 is 0 Å². The number of nitrogen functional groups attached to an aromatic ring is 1. The summed E-state index contributed by atoms with van der Waals surface area (Å²) in [7, 11) is 0. The zero-order valence-electron chi connectivity index (χ0n) is 11.4. The molecule has 1 aromatic carbocycles. The molecule has 1 heterocycles. The van der Waals surface area contributed by atoms with Gasteiger partial charge in [-0.05, 0) is 30.2 Å². The molecule has 1 fully saturated rings. The molecule has 0 unspecified atom stereocenters. The van der Waals surface area contributed by atoms with Crippen LogP contribution in [0.4, 0.5) is 10.1 Å². The number of nitrogens with two attached hydrogens (primary N) is 1. The summed E-state index contributed by atoms with van der Waals surface area (Å²) in [4.78, 5) is 26.9. The number of rotatable bonds is 4. The van der Waals surface area contributed by atoms with Crippen LogP contribution in [-0.4, -0.2) is 41.2 Å². The zero-order chi connectivity index (χ0) is 14.7. The fraction of sp³-hybridized carbons (Fsp3) is 0.429. The van der Waals surface area contributed by atoms with Gasteiger partial charge in [-0.15, -0.1) is 0 Å². The van der Waals surface area contributed by atoms with E-state index in [4.69, 9.17) is 5.73 Å². The number of hydrogen-bond donors (Lipinski definition) is 1. The third-order valence-corrected chi connectivity index (χ3v) is 3.24. The van der Waals surface area contributed by atoms with E-state index in [1.165, 1.54) is 17.0 Å². The van der Waals surface area contributed by atoms with Gasteiger partial charge in [-0.3, -0.25) is 9.59 Å². The Kier molecular flexibility index (Phi) is 4.22. The van der Waals surface area contributed by atoms with Crippen LogP contribution >= 0.6 is 0 Å². The molecule has 5 nitrogen and oxygen atoms in total. The summed E-state index contributed by atoms with van der Waals surface area (Å²) in [5.41, 5.74) is 6.47. The first kappa shape index (κ1) is 14.3. The summed E-state index contributed by atoms with van der Waals surface area (Å²) in [6.07, 6.45) is 0.819. The molecule has 1 aromatic rings. The third-order valence-electron chi connectivity index (χ3n) is 3.24. The van der Waals surface area contributed by atoms with Crippen molar-refractivity contribution in [3.05, 3.63) is 29.6 Å². The lowest BCUT2D eigenvalue weighted by Crippen LogP contribution is -2.53. The van der Waals surface area contributed by atoms with Crippen LogP contribution in [0.15, 0.2) is 18.2 Å². The number of hydrogen-bond acceptors (Lipinski definition) is 3. The summed E-state index contributed by atoms with van der Waals surface area (Å²) in [5, 5.41) is 0. The summed E-state index contributed by atoms with van der Waals surface area (Å²) < 4.78 is 13.3. The molecule has 0 aliphatic carbocycles. The molecular formula is C14H18FN3O2. The van der Waals surface area contributed by atoms with Crippen molar-refractivity contribution in [2.24, 2.45) is 0 Å². The highest BCUT2D eigenvalue weighted by atomic mass is 19.1. The topological polar surface area (TPSA) is 66.6 Å². The average Bonchev–Trinajstić information content (AvgIpc) is 2.37. The monoisotopic (exact) mass is 279 g/mol. The van der Waals surface area contributed by atoms with Crippen molar-refractivity contribution >= 4 is 17.5 Å². The Balaban J connectivity index is 2.07. The first-order valence-electron chi connectivity index (χ1n) is 6.64. The Morgan fingerprint density at radius 3 is 2.45 bits per heavy atom. The first-order valence-corrected chi connectivity index (χ1v) is 6.64. The number of anilines is 1. The largest absolute Gasteiger partial charge is 0.399 e.